The van der Waals surface area contributed by atoms with E-state index in [1.54, 1.807) is 0 Å². The number of ether oxygens (including phenoxy) is 1. The number of amides is 1. The molecule has 6 nitrogen and oxygen atoms in total. The van der Waals surface area contributed by atoms with Crippen LogP contribution in [0.2, 0.25) is 5.02 Å². The van der Waals surface area contributed by atoms with E-state index in [4.69, 9.17) is 22.1 Å². The van der Waals surface area contributed by atoms with Crippen LogP contribution in [-0.4, -0.2) is 34.2 Å². The SMILES string of the molecule is COc1ccc(N(CC(N)=O)S(C)(=O)=O)cc1Cl. The molecule has 1 rings (SSSR count). The highest BCUT2D eigenvalue weighted by Gasteiger charge is 2.20. The average Bonchev–Trinajstić information content (AvgIpc) is 2.24. The predicted octanol–water partition coefficient (Wildman–Crippen LogP) is 0.600. The number of hydrogen-bond acceptors (Lipinski definition) is 4. The number of methoxy groups -OCH3 is 1. The van der Waals surface area contributed by atoms with Gasteiger partial charge in [0.25, 0.3) is 0 Å². The number of benzene rings is 1. The van der Waals surface area contributed by atoms with Gasteiger partial charge in [0.2, 0.25) is 15.9 Å². The maximum atomic E-state index is 11.6. The zero-order valence-corrected chi connectivity index (χ0v) is 11.5. The number of primary amides is 1. The molecule has 0 aliphatic carbocycles. The molecule has 0 saturated heterocycles. The van der Waals surface area contributed by atoms with Crippen LogP contribution in [0, 0.1) is 0 Å². The Morgan fingerprint density at radius 1 is 1.50 bits per heavy atom. The van der Waals surface area contributed by atoms with Crippen molar-refractivity contribution >= 4 is 33.2 Å². The molecular formula is C10H13ClN2O4S. The molecule has 0 fully saturated rings. The number of hydrogen-bond donors (Lipinski definition) is 1. The van der Waals surface area contributed by atoms with Crippen molar-refractivity contribution in [2.75, 3.05) is 24.2 Å². The minimum absolute atomic E-state index is 0.244. The summed E-state index contributed by atoms with van der Waals surface area (Å²) in [5, 5.41) is 0.244. The quantitative estimate of drug-likeness (QED) is 0.860. The van der Waals surface area contributed by atoms with Crippen molar-refractivity contribution in [2.45, 2.75) is 0 Å². The van der Waals surface area contributed by atoms with Crippen LogP contribution >= 0.6 is 11.6 Å². The molecule has 0 aliphatic rings. The Hall–Kier alpha value is -1.47. The van der Waals surface area contributed by atoms with Gasteiger partial charge in [-0.05, 0) is 18.2 Å². The van der Waals surface area contributed by atoms with E-state index in [0.29, 0.717) is 5.75 Å². The fourth-order valence-corrected chi connectivity index (χ4v) is 2.46. The number of anilines is 1. The molecule has 1 amide bonds. The standard InChI is InChI=1S/C10H13ClN2O4S/c1-17-9-4-3-7(5-8(9)11)13(6-10(12)14)18(2,15)16/h3-5H,6H2,1-2H3,(H2,12,14). The Bertz CT molecular complexity index is 559. The lowest BCUT2D eigenvalue weighted by molar-refractivity contribution is -0.116. The van der Waals surface area contributed by atoms with Crippen LogP contribution in [0.25, 0.3) is 0 Å². The third kappa shape index (κ3) is 3.51. The zero-order valence-electron chi connectivity index (χ0n) is 9.88. The number of nitrogens with two attached hydrogens (primary N) is 1. The Morgan fingerprint density at radius 2 is 2.11 bits per heavy atom. The van der Waals surface area contributed by atoms with E-state index in [1.165, 1.54) is 25.3 Å². The van der Waals surface area contributed by atoms with Gasteiger partial charge < -0.3 is 10.5 Å². The molecule has 2 N–H and O–H groups in total. The Kier molecular flexibility index (Phi) is 4.42. The van der Waals surface area contributed by atoms with Crippen LogP contribution in [0.4, 0.5) is 5.69 Å². The molecule has 0 bridgehead atoms. The normalized spacial score (nSPS) is 11.1. The molecule has 8 heteroatoms. The summed E-state index contributed by atoms with van der Waals surface area (Å²) in [6.45, 7) is -0.443. The molecule has 0 atom stereocenters. The van der Waals surface area contributed by atoms with Gasteiger partial charge in [0, 0.05) is 0 Å². The third-order valence-electron chi connectivity index (χ3n) is 2.12. The summed E-state index contributed by atoms with van der Waals surface area (Å²) in [5.74, 6) is -0.347. The van der Waals surface area contributed by atoms with Crippen molar-refractivity contribution in [3.05, 3.63) is 23.2 Å². The number of nitrogens with zero attached hydrogens (tertiary/aromatic N) is 1. The van der Waals surface area contributed by atoms with E-state index in [0.717, 1.165) is 10.6 Å². The molecule has 100 valence electrons. The lowest BCUT2D eigenvalue weighted by Gasteiger charge is -2.21. The van der Waals surface area contributed by atoms with E-state index < -0.39 is 22.5 Å². The van der Waals surface area contributed by atoms with Gasteiger partial charge in [-0.3, -0.25) is 9.10 Å². The van der Waals surface area contributed by atoms with Gasteiger partial charge in [0.1, 0.15) is 12.3 Å². The van der Waals surface area contributed by atoms with Crippen LogP contribution in [0.15, 0.2) is 18.2 Å². The molecule has 0 aromatic heterocycles. The van der Waals surface area contributed by atoms with Gasteiger partial charge in [-0.15, -0.1) is 0 Å². The second kappa shape index (κ2) is 5.45. The second-order valence-corrected chi connectivity index (χ2v) is 5.87. The monoisotopic (exact) mass is 292 g/mol. The molecule has 0 aliphatic heterocycles. The molecule has 1 aromatic rings. The Labute approximate surface area is 110 Å². The maximum Gasteiger partial charge on any atom is 0.238 e. The summed E-state index contributed by atoms with van der Waals surface area (Å²) in [6, 6.07) is 4.38. The number of sulfonamides is 1. The summed E-state index contributed by atoms with van der Waals surface area (Å²) >= 11 is 5.90. The summed E-state index contributed by atoms with van der Waals surface area (Å²) in [5.41, 5.74) is 5.27. The molecule has 0 unspecified atom stereocenters. The Morgan fingerprint density at radius 3 is 2.50 bits per heavy atom. The highest BCUT2D eigenvalue weighted by molar-refractivity contribution is 7.92. The molecule has 1 aromatic carbocycles. The molecule has 0 radical (unpaired) electrons. The van der Waals surface area contributed by atoms with E-state index >= 15 is 0 Å². The van der Waals surface area contributed by atoms with Gasteiger partial charge in [-0.1, -0.05) is 11.6 Å². The van der Waals surface area contributed by atoms with Crippen LogP contribution in [0.5, 0.6) is 5.75 Å². The average molecular weight is 293 g/mol. The summed E-state index contributed by atoms with van der Waals surface area (Å²) < 4.78 is 29.0. The van der Waals surface area contributed by atoms with Crippen molar-refractivity contribution in [3.8, 4) is 5.75 Å². The summed E-state index contributed by atoms with van der Waals surface area (Å²) in [6.07, 6.45) is 0.980. The molecule has 0 saturated carbocycles. The smallest absolute Gasteiger partial charge is 0.238 e. The maximum absolute atomic E-state index is 11.6. The lowest BCUT2D eigenvalue weighted by Crippen LogP contribution is -2.37. The summed E-state index contributed by atoms with van der Waals surface area (Å²) in [4.78, 5) is 10.9. The molecule has 0 heterocycles. The predicted molar refractivity (Wildman–Crippen MR) is 69.4 cm³/mol. The fraction of sp³-hybridized carbons (Fsp3) is 0.300. The molecule has 0 spiro atoms. The van der Waals surface area contributed by atoms with Crippen LogP contribution < -0.4 is 14.8 Å². The number of carbonyl (C=O) groups is 1. The first-order valence-corrected chi connectivity index (χ1v) is 7.08. The van der Waals surface area contributed by atoms with Crippen molar-refractivity contribution in [3.63, 3.8) is 0 Å². The highest BCUT2D eigenvalue weighted by Crippen LogP contribution is 2.29. The van der Waals surface area contributed by atoms with Crippen molar-refractivity contribution in [1.29, 1.82) is 0 Å². The lowest BCUT2D eigenvalue weighted by atomic mass is 10.3. The first-order chi connectivity index (χ1) is 8.25. The second-order valence-electron chi connectivity index (χ2n) is 3.55. The van der Waals surface area contributed by atoms with Gasteiger partial charge in [-0.25, -0.2) is 8.42 Å². The van der Waals surface area contributed by atoms with Gasteiger partial charge in [0.15, 0.2) is 0 Å². The number of carbonyl (C=O) groups excluding carboxylic acids is 1. The van der Waals surface area contributed by atoms with Crippen molar-refractivity contribution in [1.82, 2.24) is 0 Å². The highest BCUT2D eigenvalue weighted by atomic mass is 35.5. The van der Waals surface area contributed by atoms with Crippen molar-refractivity contribution in [2.24, 2.45) is 5.73 Å². The van der Waals surface area contributed by atoms with E-state index in [1.807, 2.05) is 0 Å². The first-order valence-electron chi connectivity index (χ1n) is 4.85. The van der Waals surface area contributed by atoms with Crippen molar-refractivity contribution < 1.29 is 17.9 Å². The number of rotatable bonds is 5. The zero-order chi connectivity index (χ0) is 13.9. The fourth-order valence-electron chi connectivity index (χ4n) is 1.35. The van der Waals surface area contributed by atoms with E-state index in [-0.39, 0.29) is 10.7 Å². The largest absolute Gasteiger partial charge is 0.495 e. The van der Waals surface area contributed by atoms with Gasteiger partial charge in [0.05, 0.1) is 24.1 Å². The van der Waals surface area contributed by atoms with Gasteiger partial charge >= 0.3 is 0 Å². The molecular weight excluding hydrogens is 280 g/mol. The minimum atomic E-state index is -3.62. The van der Waals surface area contributed by atoms with Gasteiger partial charge in [-0.2, -0.15) is 0 Å². The summed E-state index contributed by atoms with van der Waals surface area (Å²) in [7, 11) is -2.17. The minimum Gasteiger partial charge on any atom is -0.495 e. The van der Waals surface area contributed by atoms with E-state index in [9.17, 15) is 13.2 Å². The third-order valence-corrected chi connectivity index (χ3v) is 3.56. The Balaban J connectivity index is 3.22. The molecule has 18 heavy (non-hydrogen) atoms. The van der Waals surface area contributed by atoms with Crippen LogP contribution in [0.3, 0.4) is 0 Å². The van der Waals surface area contributed by atoms with Crippen LogP contribution in [-0.2, 0) is 14.8 Å². The van der Waals surface area contributed by atoms with E-state index in [2.05, 4.69) is 0 Å². The number of halogens is 1. The van der Waals surface area contributed by atoms with Crippen LogP contribution in [0.1, 0.15) is 0 Å². The topological polar surface area (TPSA) is 89.7 Å². The first kappa shape index (κ1) is 14.6.